The third kappa shape index (κ3) is 8.27. The van der Waals surface area contributed by atoms with E-state index in [4.69, 9.17) is 5.73 Å². The maximum atomic E-state index is 11.8. The lowest BCUT2D eigenvalue weighted by molar-refractivity contribution is -0.131. The van der Waals surface area contributed by atoms with Gasteiger partial charge in [0.1, 0.15) is 0 Å². The van der Waals surface area contributed by atoms with Crippen molar-refractivity contribution < 1.29 is 4.79 Å². The molecule has 0 saturated heterocycles. The van der Waals surface area contributed by atoms with Gasteiger partial charge in [-0.15, -0.1) is 6.58 Å². The summed E-state index contributed by atoms with van der Waals surface area (Å²) in [5, 5.41) is 0. The van der Waals surface area contributed by atoms with Crippen molar-refractivity contribution in [2.24, 2.45) is 5.73 Å². The van der Waals surface area contributed by atoms with E-state index >= 15 is 0 Å². The van der Waals surface area contributed by atoms with Crippen LogP contribution in [0.5, 0.6) is 0 Å². The summed E-state index contributed by atoms with van der Waals surface area (Å²) < 4.78 is 0. The summed E-state index contributed by atoms with van der Waals surface area (Å²) in [6, 6.07) is -0.333. The second kappa shape index (κ2) is 10.7. The van der Waals surface area contributed by atoms with Crippen LogP contribution in [-0.4, -0.2) is 42.4 Å². The Morgan fingerprint density at radius 2 is 2.18 bits per heavy atom. The van der Waals surface area contributed by atoms with Gasteiger partial charge in [0.05, 0.1) is 6.04 Å². The number of carbonyl (C=O) groups excluding carboxylic acids is 1. The lowest BCUT2D eigenvalue weighted by Gasteiger charge is -2.21. The van der Waals surface area contributed by atoms with Crippen molar-refractivity contribution in [3.63, 3.8) is 0 Å². The van der Waals surface area contributed by atoms with Crippen molar-refractivity contribution in [3.05, 3.63) is 12.7 Å². The van der Waals surface area contributed by atoms with Crippen molar-refractivity contribution in [2.45, 2.75) is 38.1 Å². The van der Waals surface area contributed by atoms with Crippen molar-refractivity contribution in [3.8, 4) is 0 Å². The average Bonchev–Trinajstić information content (AvgIpc) is 2.34. The second-order valence-electron chi connectivity index (χ2n) is 4.29. The molecule has 3 nitrogen and oxygen atoms in total. The van der Waals surface area contributed by atoms with Gasteiger partial charge in [0.15, 0.2) is 0 Å². The Kier molecular flexibility index (Phi) is 10.4. The predicted octanol–water partition coefficient (Wildman–Crippen LogP) is 2.27. The normalized spacial score (nSPS) is 12.2. The van der Waals surface area contributed by atoms with Crippen LogP contribution >= 0.6 is 11.8 Å². The molecular formula is C13H26N2OS. The van der Waals surface area contributed by atoms with Crippen LogP contribution in [0, 0.1) is 0 Å². The lowest BCUT2D eigenvalue weighted by atomic mass is 10.1. The van der Waals surface area contributed by atoms with E-state index < -0.39 is 0 Å². The smallest absolute Gasteiger partial charge is 0.239 e. The molecule has 1 amide bonds. The van der Waals surface area contributed by atoms with E-state index in [-0.39, 0.29) is 11.9 Å². The summed E-state index contributed by atoms with van der Waals surface area (Å²) in [6.07, 6.45) is 9.14. The highest BCUT2D eigenvalue weighted by Crippen LogP contribution is 2.04. The molecule has 0 aliphatic carbocycles. The number of thioether (sulfide) groups is 1. The molecule has 0 heterocycles. The number of nitrogens with two attached hydrogens (primary N) is 1. The predicted molar refractivity (Wildman–Crippen MR) is 77.3 cm³/mol. The molecule has 2 N–H and O–H groups in total. The van der Waals surface area contributed by atoms with Crippen LogP contribution in [-0.2, 0) is 4.79 Å². The summed E-state index contributed by atoms with van der Waals surface area (Å²) in [4.78, 5) is 13.6. The molecular weight excluding hydrogens is 232 g/mol. The van der Waals surface area contributed by atoms with Gasteiger partial charge in [-0.1, -0.05) is 12.5 Å². The summed E-state index contributed by atoms with van der Waals surface area (Å²) in [6.45, 7) is 4.50. The van der Waals surface area contributed by atoms with Crippen LogP contribution < -0.4 is 5.73 Å². The summed E-state index contributed by atoms with van der Waals surface area (Å²) >= 11 is 1.73. The minimum atomic E-state index is -0.333. The van der Waals surface area contributed by atoms with Crippen LogP contribution in [0.4, 0.5) is 0 Å². The topological polar surface area (TPSA) is 46.3 Å². The molecule has 4 heteroatoms. The molecule has 0 aromatic heterocycles. The molecule has 0 saturated carbocycles. The first-order chi connectivity index (χ1) is 8.13. The van der Waals surface area contributed by atoms with Gasteiger partial charge < -0.3 is 10.6 Å². The zero-order valence-electron chi connectivity index (χ0n) is 11.2. The van der Waals surface area contributed by atoms with Crippen LogP contribution in [0.2, 0.25) is 0 Å². The fraction of sp³-hybridized carbons (Fsp3) is 0.769. The summed E-state index contributed by atoms with van der Waals surface area (Å²) in [7, 11) is 1.84. The van der Waals surface area contributed by atoms with Crippen molar-refractivity contribution in [1.82, 2.24) is 4.90 Å². The molecule has 0 aliphatic rings. The van der Waals surface area contributed by atoms with Gasteiger partial charge in [-0.2, -0.15) is 11.8 Å². The number of likely N-dealkylation sites (N-methyl/N-ethyl adjacent to an activating group) is 1. The number of nitrogens with zero attached hydrogens (tertiary/aromatic N) is 1. The minimum Gasteiger partial charge on any atom is -0.344 e. The number of unbranched alkanes of at least 4 members (excludes halogenated alkanes) is 3. The van der Waals surface area contributed by atoms with E-state index in [0.29, 0.717) is 0 Å². The largest absolute Gasteiger partial charge is 0.344 e. The molecule has 17 heavy (non-hydrogen) atoms. The Morgan fingerprint density at radius 1 is 1.47 bits per heavy atom. The Labute approximate surface area is 110 Å². The molecule has 0 spiro atoms. The number of hydrogen-bond acceptors (Lipinski definition) is 3. The lowest BCUT2D eigenvalue weighted by Crippen LogP contribution is -2.42. The minimum absolute atomic E-state index is 0.0720. The third-order valence-electron chi connectivity index (χ3n) is 2.73. The van der Waals surface area contributed by atoms with E-state index in [0.717, 1.165) is 44.4 Å². The van der Waals surface area contributed by atoms with E-state index in [9.17, 15) is 4.79 Å². The SMILES string of the molecule is C=CCCCCCN(C)C(=O)[C@@H](N)CCSC. The first kappa shape index (κ1) is 16.5. The number of allylic oxidation sites excluding steroid dienone is 1. The van der Waals surface area contributed by atoms with E-state index in [2.05, 4.69) is 6.58 Å². The van der Waals surface area contributed by atoms with Crippen LogP contribution in [0.3, 0.4) is 0 Å². The molecule has 1 atom stereocenters. The third-order valence-corrected chi connectivity index (χ3v) is 3.37. The van der Waals surface area contributed by atoms with Crippen molar-refractivity contribution >= 4 is 17.7 Å². The fourth-order valence-corrected chi connectivity index (χ4v) is 2.07. The molecule has 0 bridgehead atoms. The van der Waals surface area contributed by atoms with E-state index in [1.165, 1.54) is 0 Å². The maximum absolute atomic E-state index is 11.8. The maximum Gasteiger partial charge on any atom is 0.239 e. The highest BCUT2D eigenvalue weighted by atomic mass is 32.2. The quantitative estimate of drug-likeness (QED) is 0.483. The molecule has 100 valence electrons. The standard InChI is InChI=1S/C13H26N2OS/c1-4-5-6-7-8-10-15(2)13(16)12(14)9-11-17-3/h4,12H,1,5-11,14H2,2-3H3/t12-/m0/s1. The fourth-order valence-electron chi connectivity index (χ4n) is 1.58. The first-order valence-electron chi connectivity index (χ1n) is 6.23. The summed E-state index contributed by atoms with van der Waals surface area (Å²) in [5.41, 5.74) is 5.84. The van der Waals surface area contributed by atoms with Crippen LogP contribution in [0.15, 0.2) is 12.7 Å². The Hall–Kier alpha value is -0.480. The number of rotatable bonds is 10. The number of amides is 1. The molecule has 0 aromatic carbocycles. The van der Waals surface area contributed by atoms with Gasteiger partial charge in [-0.3, -0.25) is 4.79 Å². The van der Waals surface area contributed by atoms with Crippen LogP contribution in [0.1, 0.15) is 32.1 Å². The molecule has 0 aromatic rings. The van der Waals surface area contributed by atoms with Crippen LogP contribution in [0.25, 0.3) is 0 Å². The first-order valence-corrected chi connectivity index (χ1v) is 7.63. The summed E-state index contributed by atoms with van der Waals surface area (Å²) in [5.74, 6) is 1.02. The van der Waals surface area contributed by atoms with Gasteiger partial charge in [0.25, 0.3) is 0 Å². The number of hydrogen-bond donors (Lipinski definition) is 1. The van der Waals surface area contributed by atoms with E-state index in [1.54, 1.807) is 16.7 Å². The second-order valence-corrected chi connectivity index (χ2v) is 5.27. The molecule has 0 radical (unpaired) electrons. The zero-order chi connectivity index (χ0) is 13.1. The van der Waals surface area contributed by atoms with Gasteiger partial charge in [-0.05, 0) is 37.7 Å². The van der Waals surface area contributed by atoms with Crippen molar-refractivity contribution in [2.75, 3.05) is 25.6 Å². The average molecular weight is 258 g/mol. The molecule has 0 rings (SSSR count). The highest BCUT2D eigenvalue weighted by molar-refractivity contribution is 7.98. The van der Waals surface area contributed by atoms with Gasteiger partial charge in [0.2, 0.25) is 5.91 Å². The Balaban J connectivity index is 3.69. The van der Waals surface area contributed by atoms with Gasteiger partial charge in [0, 0.05) is 13.6 Å². The van der Waals surface area contributed by atoms with E-state index in [1.807, 2.05) is 19.4 Å². The molecule has 0 aliphatic heterocycles. The zero-order valence-corrected chi connectivity index (χ0v) is 12.0. The highest BCUT2D eigenvalue weighted by Gasteiger charge is 2.16. The molecule has 0 fully saturated rings. The van der Waals surface area contributed by atoms with Gasteiger partial charge >= 0.3 is 0 Å². The van der Waals surface area contributed by atoms with Gasteiger partial charge in [-0.25, -0.2) is 0 Å². The number of carbonyl (C=O) groups is 1. The Bertz CT molecular complexity index is 221. The Morgan fingerprint density at radius 3 is 2.76 bits per heavy atom. The molecule has 0 unspecified atom stereocenters. The monoisotopic (exact) mass is 258 g/mol. The van der Waals surface area contributed by atoms with Crippen molar-refractivity contribution in [1.29, 1.82) is 0 Å².